The highest BCUT2D eigenvalue weighted by Gasteiger charge is 1.98. The molecule has 3 nitrogen and oxygen atoms in total. The van der Waals surface area contributed by atoms with Crippen LogP contribution in [0, 0.1) is 0 Å². The minimum Gasteiger partial charge on any atom is -0.309 e. The maximum Gasteiger partial charge on any atom is 0.134 e. The second-order valence-electron chi connectivity index (χ2n) is 2.22. The molecule has 0 bridgehead atoms. The lowest BCUT2D eigenvalue weighted by atomic mass is 10.1. The van der Waals surface area contributed by atoms with E-state index in [0.29, 0.717) is 6.42 Å². The van der Waals surface area contributed by atoms with Gasteiger partial charge in [-0.2, -0.15) is 0 Å². The Labute approximate surface area is 59.8 Å². The molecule has 2 N–H and O–H groups in total. The summed E-state index contributed by atoms with van der Waals surface area (Å²) in [5.41, 5.74) is 6.56. The number of hydrogen-bond donors (Lipinski definition) is 2. The molecule has 0 spiro atoms. The van der Waals surface area contributed by atoms with Crippen LogP contribution in [-0.4, -0.2) is 5.78 Å². The Hall–Kier alpha value is -1.25. The minimum atomic E-state index is 0.180. The number of allylic oxidation sites excluding steroid dienone is 2. The van der Waals surface area contributed by atoms with Crippen molar-refractivity contribution in [2.45, 2.75) is 13.3 Å². The van der Waals surface area contributed by atoms with Crippen LogP contribution in [0.25, 0.3) is 0 Å². The first-order chi connectivity index (χ1) is 4.79. The lowest BCUT2D eigenvalue weighted by Gasteiger charge is -2.07. The van der Waals surface area contributed by atoms with E-state index >= 15 is 0 Å². The predicted octanol–water partition coefficient (Wildman–Crippen LogP) is 0.471. The fourth-order valence-corrected chi connectivity index (χ4v) is 0.777. The Morgan fingerprint density at radius 1 is 1.60 bits per heavy atom. The Bertz CT molecular complexity index is 194. The smallest absolute Gasteiger partial charge is 0.134 e. The molecule has 0 saturated carbocycles. The molecule has 1 heterocycles. The van der Waals surface area contributed by atoms with E-state index in [-0.39, 0.29) is 5.78 Å². The molecule has 1 rings (SSSR count). The number of rotatable bonds is 2. The Morgan fingerprint density at radius 2 is 2.40 bits per heavy atom. The zero-order valence-corrected chi connectivity index (χ0v) is 5.85. The second kappa shape index (κ2) is 3.06. The monoisotopic (exact) mass is 138 g/mol. The number of Topliss-reactive ketones (excluding diaryl/α,β-unsaturated/α-hetero) is 1. The van der Waals surface area contributed by atoms with Crippen LogP contribution in [0.15, 0.2) is 24.0 Å². The van der Waals surface area contributed by atoms with E-state index in [2.05, 4.69) is 10.9 Å². The van der Waals surface area contributed by atoms with E-state index in [1.165, 1.54) is 0 Å². The van der Waals surface area contributed by atoms with Crippen molar-refractivity contribution < 1.29 is 4.79 Å². The molecule has 0 saturated heterocycles. The molecule has 54 valence electrons. The van der Waals surface area contributed by atoms with Gasteiger partial charge in [0.05, 0.1) is 0 Å². The Morgan fingerprint density at radius 3 is 2.90 bits per heavy atom. The summed E-state index contributed by atoms with van der Waals surface area (Å²) >= 11 is 0. The highest BCUT2D eigenvalue weighted by atomic mass is 16.1. The van der Waals surface area contributed by atoms with Gasteiger partial charge in [-0.15, -0.1) is 0 Å². The molecular weight excluding hydrogens is 128 g/mol. The lowest BCUT2D eigenvalue weighted by molar-refractivity contribution is -0.116. The van der Waals surface area contributed by atoms with Crippen molar-refractivity contribution in [3.63, 3.8) is 0 Å². The molecule has 0 amide bonds. The van der Waals surface area contributed by atoms with Crippen LogP contribution in [0.3, 0.4) is 0 Å². The van der Waals surface area contributed by atoms with Crippen LogP contribution in [0.2, 0.25) is 0 Å². The van der Waals surface area contributed by atoms with Crippen molar-refractivity contribution in [2.75, 3.05) is 0 Å². The Kier molecular flexibility index (Phi) is 2.10. The molecular formula is C7H10N2O. The standard InChI is InChI=1S/C7H10N2O/c1-6(10)4-7-2-3-8-9-5-7/h2-3,5,8-9H,4H2,1H3. The van der Waals surface area contributed by atoms with Gasteiger partial charge >= 0.3 is 0 Å². The first-order valence-corrected chi connectivity index (χ1v) is 3.15. The highest BCUT2D eigenvalue weighted by molar-refractivity contribution is 5.78. The third kappa shape index (κ3) is 1.93. The van der Waals surface area contributed by atoms with Gasteiger partial charge in [0.2, 0.25) is 0 Å². The van der Waals surface area contributed by atoms with Crippen molar-refractivity contribution in [3.05, 3.63) is 24.0 Å². The summed E-state index contributed by atoms with van der Waals surface area (Å²) in [6.45, 7) is 1.58. The van der Waals surface area contributed by atoms with Gasteiger partial charge < -0.3 is 10.9 Å². The number of hydrogen-bond acceptors (Lipinski definition) is 3. The van der Waals surface area contributed by atoms with Crippen molar-refractivity contribution in [1.29, 1.82) is 0 Å². The van der Waals surface area contributed by atoms with Gasteiger partial charge in [-0.1, -0.05) is 0 Å². The van der Waals surface area contributed by atoms with E-state index in [4.69, 9.17) is 0 Å². The number of hydrazine groups is 1. The molecule has 0 fully saturated rings. The van der Waals surface area contributed by atoms with E-state index in [1.807, 2.05) is 6.08 Å². The van der Waals surface area contributed by atoms with Crippen molar-refractivity contribution >= 4 is 5.78 Å². The lowest BCUT2D eigenvalue weighted by Crippen LogP contribution is -2.23. The fraction of sp³-hybridized carbons (Fsp3) is 0.286. The third-order valence-electron chi connectivity index (χ3n) is 1.17. The zero-order chi connectivity index (χ0) is 7.40. The maximum atomic E-state index is 10.6. The Balaban J connectivity index is 2.48. The normalized spacial score (nSPS) is 15.1. The first-order valence-electron chi connectivity index (χ1n) is 3.15. The minimum absolute atomic E-state index is 0.180. The van der Waals surface area contributed by atoms with Crippen LogP contribution < -0.4 is 10.9 Å². The van der Waals surface area contributed by atoms with Gasteiger partial charge in [0.15, 0.2) is 0 Å². The number of carbonyl (C=O) groups excluding carboxylic acids is 1. The van der Waals surface area contributed by atoms with Crippen LogP contribution in [-0.2, 0) is 4.79 Å². The quantitative estimate of drug-likeness (QED) is 0.582. The molecule has 0 aromatic carbocycles. The molecule has 1 aliphatic rings. The van der Waals surface area contributed by atoms with Crippen molar-refractivity contribution in [1.82, 2.24) is 10.9 Å². The van der Waals surface area contributed by atoms with E-state index in [0.717, 1.165) is 5.57 Å². The summed E-state index contributed by atoms with van der Waals surface area (Å²) in [6, 6.07) is 0. The molecule has 10 heavy (non-hydrogen) atoms. The molecule has 0 unspecified atom stereocenters. The molecule has 0 radical (unpaired) electrons. The summed E-state index contributed by atoms with van der Waals surface area (Å²) in [6.07, 6.45) is 5.92. The average Bonchev–Trinajstić information content (AvgIpc) is 1.88. The molecule has 0 aromatic rings. The fourth-order valence-electron chi connectivity index (χ4n) is 0.777. The summed E-state index contributed by atoms with van der Waals surface area (Å²) in [5, 5.41) is 0. The van der Waals surface area contributed by atoms with Crippen molar-refractivity contribution in [3.8, 4) is 0 Å². The topological polar surface area (TPSA) is 41.1 Å². The molecule has 1 aliphatic heterocycles. The number of ketones is 1. The summed E-state index contributed by atoms with van der Waals surface area (Å²) < 4.78 is 0. The van der Waals surface area contributed by atoms with Crippen molar-refractivity contribution in [2.24, 2.45) is 0 Å². The van der Waals surface area contributed by atoms with Crippen LogP contribution >= 0.6 is 0 Å². The number of nitrogens with one attached hydrogen (secondary N) is 2. The molecule has 0 aromatic heterocycles. The molecule has 0 aliphatic carbocycles. The summed E-state index contributed by atoms with van der Waals surface area (Å²) in [5.74, 6) is 0.180. The largest absolute Gasteiger partial charge is 0.309 e. The molecule has 3 heteroatoms. The van der Waals surface area contributed by atoms with Gasteiger partial charge in [-0.05, 0) is 18.6 Å². The van der Waals surface area contributed by atoms with Gasteiger partial charge in [0.1, 0.15) is 5.78 Å². The van der Waals surface area contributed by atoms with E-state index in [1.54, 1.807) is 19.3 Å². The van der Waals surface area contributed by atoms with Gasteiger partial charge in [0.25, 0.3) is 0 Å². The summed E-state index contributed by atoms with van der Waals surface area (Å²) in [7, 11) is 0. The van der Waals surface area contributed by atoms with Crippen LogP contribution in [0.4, 0.5) is 0 Å². The van der Waals surface area contributed by atoms with Gasteiger partial charge in [0, 0.05) is 18.8 Å². The van der Waals surface area contributed by atoms with E-state index in [9.17, 15) is 4.79 Å². The molecule has 0 atom stereocenters. The summed E-state index contributed by atoms with van der Waals surface area (Å²) in [4.78, 5) is 10.6. The number of carbonyl (C=O) groups is 1. The maximum absolute atomic E-state index is 10.6. The third-order valence-corrected chi connectivity index (χ3v) is 1.17. The SMILES string of the molecule is CC(=O)CC1=CNNC=C1. The first kappa shape index (κ1) is 6.86. The van der Waals surface area contributed by atoms with E-state index < -0.39 is 0 Å². The second-order valence-corrected chi connectivity index (χ2v) is 2.22. The van der Waals surface area contributed by atoms with Gasteiger partial charge in [-0.25, -0.2) is 0 Å². The van der Waals surface area contributed by atoms with Crippen LogP contribution in [0.1, 0.15) is 13.3 Å². The zero-order valence-electron chi connectivity index (χ0n) is 5.85. The van der Waals surface area contributed by atoms with Crippen LogP contribution in [0.5, 0.6) is 0 Å². The predicted molar refractivity (Wildman–Crippen MR) is 38.8 cm³/mol. The van der Waals surface area contributed by atoms with Gasteiger partial charge in [-0.3, -0.25) is 4.79 Å². The highest BCUT2D eigenvalue weighted by Crippen LogP contribution is 2.03. The average molecular weight is 138 g/mol.